The third-order valence-electron chi connectivity index (χ3n) is 2.28. The second-order valence-corrected chi connectivity index (χ2v) is 7.08. The van der Waals surface area contributed by atoms with Crippen LogP contribution in [0.1, 0.15) is 27.7 Å². The van der Waals surface area contributed by atoms with Gasteiger partial charge in [0.1, 0.15) is 23.3 Å². The molecule has 1 aromatic carbocycles. The predicted octanol–water partition coefficient (Wildman–Crippen LogP) is 1.97. The molecule has 118 valence electrons. The van der Waals surface area contributed by atoms with E-state index in [0.717, 1.165) is 18.2 Å². The number of ether oxygens (including phenoxy) is 1. The molecule has 1 rings (SSSR count). The van der Waals surface area contributed by atoms with Crippen molar-refractivity contribution in [2.45, 2.75) is 44.2 Å². The van der Waals surface area contributed by atoms with Crippen LogP contribution in [0.15, 0.2) is 23.1 Å². The van der Waals surface area contributed by atoms with Crippen molar-refractivity contribution in [3.05, 3.63) is 29.8 Å². The zero-order valence-corrected chi connectivity index (χ0v) is 12.9. The molecule has 0 aromatic heterocycles. The number of benzene rings is 1. The van der Waals surface area contributed by atoms with Crippen LogP contribution in [0.4, 0.5) is 8.78 Å². The van der Waals surface area contributed by atoms with Crippen molar-refractivity contribution in [1.29, 1.82) is 0 Å². The van der Waals surface area contributed by atoms with E-state index in [1.54, 1.807) is 20.8 Å². The number of carbonyl (C=O) groups is 1. The van der Waals surface area contributed by atoms with Crippen molar-refractivity contribution >= 4 is 16.0 Å². The Morgan fingerprint density at radius 3 is 2.14 bits per heavy atom. The van der Waals surface area contributed by atoms with Crippen molar-refractivity contribution < 1.29 is 26.7 Å². The molecule has 0 saturated carbocycles. The summed E-state index contributed by atoms with van der Waals surface area (Å²) < 4.78 is 57.8. The van der Waals surface area contributed by atoms with Crippen LogP contribution in [-0.2, 0) is 19.6 Å². The molecule has 0 aliphatic carbocycles. The number of rotatable bonds is 4. The van der Waals surface area contributed by atoms with Gasteiger partial charge in [-0.1, -0.05) is 6.07 Å². The molecule has 0 heterocycles. The van der Waals surface area contributed by atoms with Crippen LogP contribution in [0, 0.1) is 11.6 Å². The molecule has 0 aliphatic heterocycles. The van der Waals surface area contributed by atoms with E-state index in [1.165, 1.54) is 6.92 Å². The summed E-state index contributed by atoms with van der Waals surface area (Å²) >= 11 is 0. The lowest BCUT2D eigenvalue weighted by atomic mass is 10.2. The van der Waals surface area contributed by atoms with Crippen molar-refractivity contribution in [2.75, 3.05) is 0 Å². The van der Waals surface area contributed by atoms with E-state index in [1.807, 2.05) is 4.72 Å². The monoisotopic (exact) mass is 321 g/mol. The minimum absolute atomic E-state index is 0.806. The summed E-state index contributed by atoms with van der Waals surface area (Å²) in [4.78, 5) is 10.6. The molecular formula is C13H17F2NO4S. The van der Waals surface area contributed by atoms with Crippen LogP contribution in [0.2, 0.25) is 0 Å². The van der Waals surface area contributed by atoms with E-state index in [4.69, 9.17) is 4.74 Å². The lowest BCUT2D eigenvalue weighted by molar-refractivity contribution is -0.156. The molecule has 0 bridgehead atoms. The second kappa shape index (κ2) is 6.07. The number of carbonyl (C=O) groups excluding carboxylic acids is 1. The molecular weight excluding hydrogens is 304 g/mol. The van der Waals surface area contributed by atoms with Gasteiger partial charge in [0, 0.05) is 0 Å². The Balaban J connectivity index is 2.98. The van der Waals surface area contributed by atoms with Gasteiger partial charge in [-0.05, 0) is 39.8 Å². The summed E-state index contributed by atoms with van der Waals surface area (Å²) in [6, 6.07) is 1.39. The molecule has 1 aromatic rings. The van der Waals surface area contributed by atoms with Gasteiger partial charge in [-0.3, -0.25) is 4.79 Å². The summed E-state index contributed by atoms with van der Waals surface area (Å²) in [5.41, 5.74) is -0.806. The first-order chi connectivity index (χ1) is 9.44. The Hall–Kier alpha value is -1.54. The Bertz CT molecular complexity index is 618. The number of hydrogen-bond acceptors (Lipinski definition) is 4. The average molecular weight is 321 g/mol. The highest BCUT2D eigenvalue weighted by Crippen LogP contribution is 2.18. The van der Waals surface area contributed by atoms with Gasteiger partial charge in [-0.15, -0.1) is 0 Å². The van der Waals surface area contributed by atoms with Gasteiger partial charge in [0.15, 0.2) is 4.90 Å². The predicted molar refractivity (Wildman–Crippen MR) is 72.0 cm³/mol. The Kier molecular flexibility index (Phi) is 5.06. The molecule has 0 fully saturated rings. The van der Waals surface area contributed by atoms with E-state index >= 15 is 0 Å². The number of esters is 1. The second-order valence-electron chi connectivity index (χ2n) is 5.43. The Labute approximate surface area is 122 Å². The molecule has 8 heteroatoms. The molecule has 1 N–H and O–H groups in total. The van der Waals surface area contributed by atoms with E-state index in [9.17, 15) is 22.0 Å². The lowest BCUT2D eigenvalue weighted by Gasteiger charge is -2.22. The Morgan fingerprint density at radius 2 is 1.71 bits per heavy atom. The molecule has 21 heavy (non-hydrogen) atoms. The van der Waals surface area contributed by atoms with Gasteiger partial charge < -0.3 is 4.74 Å². The van der Waals surface area contributed by atoms with E-state index < -0.39 is 44.2 Å². The fourth-order valence-electron chi connectivity index (χ4n) is 1.47. The standard InChI is InChI=1S/C13H17F2NO4S/c1-8(12(17)20-13(2,3)4)16-21(18,19)11-9(14)6-5-7-10(11)15/h5-8,16H,1-4H3/t8-/m0/s1. The molecule has 0 unspecified atom stereocenters. The van der Waals surface area contributed by atoms with Gasteiger partial charge >= 0.3 is 5.97 Å². The first-order valence-electron chi connectivity index (χ1n) is 6.13. The maximum absolute atomic E-state index is 13.5. The zero-order chi connectivity index (χ0) is 16.4. The SMILES string of the molecule is C[C@H](NS(=O)(=O)c1c(F)cccc1F)C(=O)OC(C)(C)C. The van der Waals surface area contributed by atoms with Crippen molar-refractivity contribution in [2.24, 2.45) is 0 Å². The van der Waals surface area contributed by atoms with Gasteiger partial charge in [-0.25, -0.2) is 17.2 Å². The smallest absolute Gasteiger partial charge is 0.324 e. The summed E-state index contributed by atoms with van der Waals surface area (Å²) in [5, 5.41) is 0. The normalized spacial score (nSPS) is 13.8. The zero-order valence-electron chi connectivity index (χ0n) is 12.1. The highest BCUT2D eigenvalue weighted by molar-refractivity contribution is 7.89. The maximum atomic E-state index is 13.5. The van der Waals surface area contributed by atoms with Crippen LogP contribution < -0.4 is 4.72 Å². The molecule has 5 nitrogen and oxygen atoms in total. The molecule has 1 atom stereocenters. The first-order valence-corrected chi connectivity index (χ1v) is 7.61. The lowest BCUT2D eigenvalue weighted by Crippen LogP contribution is -2.42. The molecule has 0 radical (unpaired) electrons. The van der Waals surface area contributed by atoms with Gasteiger partial charge in [-0.2, -0.15) is 4.72 Å². The number of nitrogens with one attached hydrogen (secondary N) is 1. The summed E-state index contributed by atoms with van der Waals surface area (Å²) in [7, 11) is -4.52. The van der Waals surface area contributed by atoms with Gasteiger partial charge in [0.2, 0.25) is 10.0 Å². The maximum Gasteiger partial charge on any atom is 0.324 e. The minimum Gasteiger partial charge on any atom is -0.459 e. The average Bonchev–Trinajstić information content (AvgIpc) is 2.24. The molecule has 0 saturated heterocycles. The quantitative estimate of drug-likeness (QED) is 0.861. The Morgan fingerprint density at radius 1 is 1.24 bits per heavy atom. The fourth-order valence-corrected chi connectivity index (χ4v) is 2.80. The summed E-state index contributed by atoms with van der Waals surface area (Å²) in [6.45, 7) is 6.07. The third-order valence-corrected chi connectivity index (χ3v) is 3.87. The van der Waals surface area contributed by atoms with Crippen molar-refractivity contribution in [3.63, 3.8) is 0 Å². The number of halogens is 2. The van der Waals surface area contributed by atoms with Crippen LogP contribution in [-0.4, -0.2) is 26.0 Å². The van der Waals surface area contributed by atoms with Crippen LogP contribution in [0.3, 0.4) is 0 Å². The third kappa shape index (κ3) is 4.75. The van der Waals surface area contributed by atoms with E-state index in [-0.39, 0.29) is 0 Å². The van der Waals surface area contributed by atoms with Crippen LogP contribution in [0.25, 0.3) is 0 Å². The number of hydrogen-bond donors (Lipinski definition) is 1. The van der Waals surface area contributed by atoms with Crippen LogP contribution >= 0.6 is 0 Å². The topological polar surface area (TPSA) is 72.5 Å². The fraction of sp³-hybridized carbons (Fsp3) is 0.462. The first kappa shape index (κ1) is 17.5. The van der Waals surface area contributed by atoms with Crippen LogP contribution in [0.5, 0.6) is 0 Å². The molecule has 0 aliphatic rings. The largest absolute Gasteiger partial charge is 0.459 e. The van der Waals surface area contributed by atoms with Crippen molar-refractivity contribution in [3.8, 4) is 0 Å². The van der Waals surface area contributed by atoms with Gasteiger partial charge in [0.05, 0.1) is 0 Å². The minimum atomic E-state index is -4.52. The molecule has 0 amide bonds. The van der Waals surface area contributed by atoms with E-state index in [0.29, 0.717) is 0 Å². The number of sulfonamides is 1. The highest BCUT2D eigenvalue weighted by atomic mass is 32.2. The summed E-state index contributed by atoms with van der Waals surface area (Å²) in [5.74, 6) is -3.32. The van der Waals surface area contributed by atoms with Crippen molar-refractivity contribution in [1.82, 2.24) is 4.72 Å². The molecule has 0 spiro atoms. The van der Waals surface area contributed by atoms with E-state index in [2.05, 4.69) is 0 Å². The summed E-state index contributed by atoms with van der Waals surface area (Å²) in [6.07, 6.45) is 0. The highest BCUT2D eigenvalue weighted by Gasteiger charge is 2.30. The van der Waals surface area contributed by atoms with Gasteiger partial charge in [0.25, 0.3) is 0 Å².